The average Bonchev–Trinajstić information content (AvgIpc) is 2.76. The van der Waals surface area contributed by atoms with Crippen LogP contribution in [0.2, 0.25) is 0 Å². The van der Waals surface area contributed by atoms with Crippen molar-refractivity contribution in [1.82, 2.24) is 4.98 Å². The van der Waals surface area contributed by atoms with Gasteiger partial charge in [-0.1, -0.05) is 13.8 Å². The first-order chi connectivity index (χ1) is 8.58. The van der Waals surface area contributed by atoms with Gasteiger partial charge in [0.05, 0.1) is 19.2 Å². The minimum absolute atomic E-state index is 0.234. The molecule has 2 unspecified atom stereocenters. The molecule has 0 saturated carbocycles. The van der Waals surface area contributed by atoms with E-state index in [0.29, 0.717) is 10.5 Å². The number of ether oxygens (including phenoxy) is 1. The summed E-state index contributed by atoms with van der Waals surface area (Å²) in [6.45, 7) is 6.55. The van der Waals surface area contributed by atoms with Crippen molar-refractivity contribution in [1.29, 1.82) is 0 Å². The van der Waals surface area contributed by atoms with Crippen LogP contribution >= 0.6 is 23.1 Å². The van der Waals surface area contributed by atoms with Crippen LogP contribution in [0.3, 0.4) is 0 Å². The molecule has 2 rings (SSSR count). The minimum Gasteiger partial charge on any atom is -0.469 e. The number of aromatic nitrogens is 1. The molecule has 0 aromatic carbocycles. The van der Waals surface area contributed by atoms with Gasteiger partial charge < -0.3 is 9.64 Å². The molecular formula is C12H18N2O2S2. The smallest absolute Gasteiger partial charge is 0.311 e. The summed E-state index contributed by atoms with van der Waals surface area (Å²) in [4.78, 5) is 18.0. The van der Waals surface area contributed by atoms with Gasteiger partial charge in [-0.05, 0) is 0 Å². The molecule has 1 saturated heterocycles. The second-order valence-electron chi connectivity index (χ2n) is 4.54. The zero-order valence-corrected chi connectivity index (χ0v) is 12.5. The van der Waals surface area contributed by atoms with E-state index in [4.69, 9.17) is 0 Å². The van der Waals surface area contributed by atoms with Gasteiger partial charge in [-0.2, -0.15) is 11.8 Å². The Morgan fingerprint density at radius 2 is 2.17 bits per heavy atom. The first kappa shape index (κ1) is 13.7. The number of thioether (sulfide) groups is 1. The highest BCUT2D eigenvalue weighted by Crippen LogP contribution is 2.30. The lowest BCUT2D eigenvalue weighted by atomic mass is 10.3. The van der Waals surface area contributed by atoms with E-state index >= 15 is 0 Å². The van der Waals surface area contributed by atoms with E-state index < -0.39 is 0 Å². The fourth-order valence-corrected chi connectivity index (χ4v) is 4.25. The predicted molar refractivity (Wildman–Crippen MR) is 76.6 cm³/mol. The van der Waals surface area contributed by atoms with Crippen LogP contribution in [0, 0.1) is 0 Å². The third kappa shape index (κ3) is 3.38. The van der Waals surface area contributed by atoms with Gasteiger partial charge in [0.2, 0.25) is 0 Å². The maximum atomic E-state index is 11.2. The molecule has 6 heteroatoms. The summed E-state index contributed by atoms with van der Waals surface area (Å²) in [7, 11) is 1.40. The quantitative estimate of drug-likeness (QED) is 0.797. The van der Waals surface area contributed by atoms with Crippen LogP contribution in [0.4, 0.5) is 5.13 Å². The van der Waals surface area contributed by atoms with Gasteiger partial charge >= 0.3 is 5.97 Å². The molecule has 2 heterocycles. The lowest BCUT2D eigenvalue weighted by molar-refractivity contribution is -0.139. The van der Waals surface area contributed by atoms with Gasteiger partial charge in [0.15, 0.2) is 5.13 Å². The van der Waals surface area contributed by atoms with Crippen molar-refractivity contribution in [3.05, 3.63) is 11.1 Å². The summed E-state index contributed by atoms with van der Waals surface area (Å²) in [5.74, 6) is -0.234. The van der Waals surface area contributed by atoms with Crippen LogP contribution in [0.1, 0.15) is 19.5 Å². The van der Waals surface area contributed by atoms with E-state index in [0.717, 1.165) is 23.9 Å². The highest BCUT2D eigenvalue weighted by Gasteiger charge is 2.24. The topological polar surface area (TPSA) is 42.4 Å². The number of rotatable bonds is 3. The fourth-order valence-electron chi connectivity index (χ4n) is 2.08. The van der Waals surface area contributed by atoms with Crippen molar-refractivity contribution < 1.29 is 9.53 Å². The number of hydrogen-bond acceptors (Lipinski definition) is 6. The van der Waals surface area contributed by atoms with Crippen LogP contribution in [0.15, 0.2) is 5.38 Å². The zero-order valence-electron chi connectivity index (χ0n) is 10.9. The first-order valence-electron chi connectivity index (χ1n) is 6.00. The Bertz CT molecular complexity index is 412. The summed E-state index contributed by atoms with van der Waals surface area (Å²) >= 11 is 3.63. The molecule has 0 spiro atoms. The lowest BCUT2D eigenvalue weighted by Crippen LogP contribution is -2.40. The van der Waals surface area contributed by atoms with Crippen molar-refractivity contribution in [2.24, 2.45) is 0 Å². The van der Waals surface area contributed by atoms with Crippen LogP contribution in [0.25, 0.3) is 0 Å². The van der Waals surface area contributed by atoms with Crippen molar-refractivity contribution in [3.8, 4) is 0 Å². The summed E-state index contributed by atoms with van der Waals surface area (Å²) in [5, 5.41) is 4.22. The lowest BCUT2D eigenvalue weighted by Gasteiger charge is -2.34. The Kier molecular flexibility index (Phi) is 4.50. The molecule has 0 bridgehead atoms. The monoisotopic (exact) mass is 286 g/mol. The van der Waals surface area contributed by atoms with Crippen molar-refractivity contribution in [2.75, 3.05) is 25.1 Å². The third-order valence-corrected chi connectivity index (χ3v) is 4.96. The summed E-state index contributed by atoms with van der Waals surface area (Å²) in [6, 6.07) is 0. The van der Waals surface area contributed by atoms with Gasteiger partial charge in [-0.25, -0.2) is 4.98 Å². The Labute approximate surface area is 116 Å². The third-order valence-electron chi connectivity index (χ3n) is 2.78. The van der Waals surface area contributed by atoms with Gasteiger partial charge in [0, 0.05) is 29.0 Å². The van der Waals surface area contributed by atoms with E-state index in [1.54, 1.807) is 11.3 Å². The molecule has 1 aromatic rings. The Balaban J connectivity index is 2.02. The molecule has 1 aliphatic heterocycles. The second-order valence-corrected chi connectivity index (χ2v) is 7.25. The van der Waals surface area contributed by atoms with Crippen LogP contribution in [-0.4, -0.2) is 41.7 Å². The second kappa shape index (κ2) is 5.93. The molecule has 0 radical (unpaired) electrons. The molecule has 0 aliphatic carbocycles. The summed E-state index contributed by atoms with van der Waals surface area (Å²) < 4.78 is 4.65. The summed E-state index contributed by atoms with van der Waals surface area (Å²) in [6.07, 6.45) is 0.265. The predicted octanol–water partition coefficient (Wildman–Crippen LogP) is 2.19. The average molecular weight is 286 g/mol. The number of anilines is 1. The van der Waals surface area contributed by atoms with E-state index in [1.165, 1.54) is 7.11 Å². The minimum atomic E-state index is -0.234. The first-order valence-corrected chi connectivity index (χ1v) is 7.82. The van der Waals surface area contributed by atoms with Crippen molar-refractivity contribution in [3.63, 3.8) is 0 Å². The number of nitrogens with zero attached hydrogens (tertiary/aromatic N) is 2. The van der Waals surface area contributed by atoms with Gasteiger partial charge in [0.25, 0.3) is 0 Å². The van der Waals surface area contributed by atoms with Crippen molar-refractivity contribution in [2.45, 2.75) is 30.8 Å². The van der Waals surface area contributed by atoms with Crippen LogP contribution in [-0.2, 0) is 16.0 Å². The number of thiazole rings is 1. The maximum Gasteiger partial charge on any atom is 0.311 e. The molecule has 1 aromatic heterocycles. The molecular weight excluding hydrogens is 268 g/mol. The Morgan fingerprint density at radius 3 is 2.78 bits per heavy atom. The van der Waals surface area contributed by atoms with E-state index in [9.17, 15) is 4.79 Å². The molecule has 1 aliphatic rings. The van der Waals surface area contributed by atoms with Crippen molar-refractivity contribution >= 4 is 34.2 Å². The zero-order chi connectivity index (χ0) is 13.1. The largest absolute Gasteiger partial charge is 0.469 e. The SMILES string of the molecule is COC(=O)Cc1csc(N2CC(C)SC(C)C2)n1. The van der Waals surface area contributed by atoms with Crippen LogP contribution < -0.4 is 4.90 Å². The molecule has 0 amide bonds. The number of methoxy groups -OCH3 is 1. The molecule has 4 nitrogen and oxygen atoms in total. The van der Waals surface area contributed by atoms with E-state index in [1.807, 2.05) is 17.1 Å². The molecule has 2 atom stereocenters. The standard InChI is InChI=1S/C12H18N2O2S2/c1-8-5-14(6-9(2)18-8)12-13-10(7-17-12)4-11(15)16-3/h7-9H,4-6H2,1-3H3. The maximum absolute atomic E-state index is 11.2. The highest BCUT2D eigenvalue weighted by molar-refractivity contribution is 8.00. The Morgan fingerprint density at radius 1 is 1.50 bits per heavy atom. The fraction of sp³-hybridized carbons (Fsp3) is 0.667. The van der Waals surface area contributed by atoms with Crippen LogP contribution in [0.5, 0.6) is 0 Å². The van der Waals surface area contributed by atoms with E-state index in [2.05, 4.69) is 28.5 Å². The molecule has 0 N–H and O–H groups in total. The number of esters is 1. The number of hydrogen-bond donors (Lipinski definition) is 0. The highest BCUT2D eigenvalue weighted by atomic mass is 32.2. The normalized spacial score (nSPS) is 24.1. The van der Waals surface area contributed by atoms with Gasteiger partial charge in [-0.15, -0.1) is 11.3 Å². The number of carbonyl (C=O) groups excluding carboxylic acids is 1. The Hall–Kier alpha value is -0.750. The molecule has 1 fully saturated rings. The van der Waals surface area contributed by atoms with Gasteiger partial charge in [-0.3, -0.25) is 4.79 Å². The summed E-state index contributed by atoms with van der Waals surface area (Å²) in [5.41, 5.74) is 0.806. The molecule has 100 valence electrons. The number of carbonyl (C=O) groups is 1. The van der Waals surface area contributed by atoms with E-state index in [-0.39, 0.29) is 12.4 Å². The van der Waals surface area contributed by atoms with Gasteiger partial charge in [0.1, 0.15) is 0 Å². The molecule has 18 heavy (non-hydrogen) atoms.